The minimum atomic E-state index is 0.265. The maximum atomic E-state index is 4.94. The Morgan fingerprint density at radius 3 is 3.00 bits per heavy atom. The molecule has 0 aliphatic carbocycles. The highest BCUT2D eigenvalue weighted by molar-refractivity contribution is 5.04. The fourth-order valence-corrected chi connectivity index (χ4v) is 0.926. The van der Waals surface area contributed by atoms with Gasteiger partial charge in [-0.1, -0.05) is 6.92 Å². The minimum Gasteiger partial charge on any atom is -0.304 e. The Kier molecular flexibility index (Phi) is 2.62. The first kappa shape index (κ1) is 8.23. The lowest BCUT2D eigenvalue weighted by molar-refractivity contribution is 0.125. The lowest BCUT2D eigenvalue weighted by Gasteiger charge is -2.04. The van der Waals surface area contributed by atoms with Crippen LogP contribution in [0, 0.1) is 0 Å². The van der Waals surface area contributed by atoms with Crippen molar-refractivity contribution in [2.45, 2.75) is 12.8 Å². The van der Waals surface area contributed by atoms with E-state index in [1.807, 2.05) is 26.2 Å². The largest absolute Gasteiger partial charge is 0.304 e. The Balaban J connectivity index is 2.60. The maximum Gasteiger partial charge on any atom is 0.0760 e. The molecule has 0 amide bonds. The number of rotatable bonds is 3. The Bertz CT molecular complexity index is 221. The van der Waals surface area contributed by atoms with Gasteiger partial charge < -0.3 is 4.84 Å². The third-order valence-electron chi connectivity index (χ3n) is 1.59. The molecule has 0 aliphatic heterocycles. The van der Waals surface area contributed by atoms with Gasteiger partial charge in [-0.05, 0) is 6.07 Å². The highest BCUT2D eigenvalue weighted by Gasteiger charge is 2.07. The molecule has 1 atom stereocenters. The molecule has 0 saturated carbocycles. The third kappa shape index (κ3) is 2.03. The molecule has 62 valence electrons. The second-order valence-corrected chi connectivity index (χ2v) is 2.65. The smallest absolute Gasteiger partial charge is 0.0760 e. The van der Waals surface area contributed by atoms with Crippen molar-refractivity contribution in [3.05, 3.63) is 18.0 Å². The molecule has 0 aromatic carbocycles. The standard InChI is InChI=1S/C7H13N3O/c1-6(5-11-8)7-3-4-10(2)9-7/h3-4,6H,5,8H2,1-2H3. The highest BCUT2D eigenvalue weighted by atomic mass is 16.6. The molecule has 0 spiro atoms. The van der Waals surface area contributed by atoms with E-state index in [0.717, 1.165) is 5.69 Å². The van der Waals surface area contributed by atoms with Crippen LogP contribution in [0.25, 0.3) is 0 Å². The van der Waals surface area contributed by atoms with Crippen molar-refractivity contribution in [3.63, 3.8) is 0 Å². The number of hydrogen-bond donors (Lipinski definition) is 1. The third-order valence-corrected chi connectivity index (χ3v) is 1.59. The predicted octanol–water partition coefficient (Wildman–Crippen LogP) is 0.414. The summed E-state index contributed by atoms with van der Waals surface area (Å²) >= 11 is 0. The van der Waals surface area contributed by atoms with Crippen LogP contribution in [0.1, 0.15) is 18.5 Å². The normalized spacial score (nSPS) is 13.4. The predicted molar refractivity (Wildman–Crippen MR) is 41.8 cm³/mol. The van der Waals surface area contributed by atoms with Gasteiger partial charge in [0.05, 0.1) is 12.3 Å². The molecule has 0 radical (unpaired) electrons. The summed E-state index contributed by atoms with van der Waals surface area (Å²) in [5.74, 6) is 5.20. The van der Waals surface area contributed by atoms with Crippen molar-refractivity contribution in [3.8, 4) is 0 Å². The molecule has 4 nitrogen and oxygen atoms in total. The van der Waals surface area contributed by atoms with Gasteiger partial charge in [0, 0.05) is 19.2 Å². The monoisotopic (exact) mass is 155 g/mol. The van der Waals surface area contributed by atoms with Crippen molar-refractivity contribution >= 4 is 0 Å². The van der Waals surface area contributed by atoms with Gasteiger partial charge in [0.2, 0.25) is 0 Å². The fourth-order valence-electron chi connectivity index (χ4n) is 0.926. The summed E-state index contributed by atoms with van der Waals surface area (Å²) in [6.45, 7) is 2.53. The molecule has 1 rings (SSSR count). The Morgan fingerprint density at radius 2 is 2.55 bits per heavy atom. The maximum absolute atomic E-state index is 4.94. The van der Waals surface area contributed by atoms with Crippen molar-refractivity contribution in [1.29, 1.82) is 0 Å². The van der Waals surface area contributed by atoms with Gasteiger partial charge in [0.25, 0.3) is 0 Å². The Labute approximate surface area is 65.9 Å². The van der Waals surface area contributed by atoms with Crippen LogP contribution in [-0.4, -0.2) is 16.4 Å². The van der Waals surface area contributed by atoms with Gasteiger partial charge >= 0.3 is 0 Å². The van der Waals surface area contributed by atoms with Crippen molar-refractivity contribution < 1.29 is 4.84 Å². The molecule has 11 heavy (non-hydrogen) atoms. The molecule has 4 heteroatoms. The van der Waals surface area contributed by atoms with E-state index in [1.165, 1.54) is 0 Å². The zero-order valence-corrected chi connectivity index (χ0v) is 6.82. The van der Waals surface area contributed by atoms with E-state index in [0.29, 0.717) is 6.61 Å². The van der Waals surface area contributed by atoms with Crippen LogP contribution in [0.2, 0.25) is 0 Å². The first-order valence-corrected chi connectivity index (χ1v) is 3.55. The van der Waals surface area contributed by atoms with Crippen LogP contribution in [0.4, 0.5) is 0 Å². The zero-order valence-electron chi connectivity index (χ0n) is 6.82. The summed E-state index contributed by atoms with van der Waals surface area (Å²) in [6, 6.07) is 1.96. The average molecular weight is 155 g/mol. The Hall–Kier alpha value is -0.870. The number of hydrogen-bond acceptors (Lipinski definition) is 3. The second-order valence-electron chi connectivity index (χ2n) is 2.65. The van der Waals surface area contributed by atoms with E-state index in [-0.39, 0.29) is 5.92 Å². The molecule has 0 aliphatic rings. The van der Waals surface area contributed by atoms with Crippen LogP contribution < -0.4 is 5.90 Å². The summed E-state index contributed by atoms with van der Waals surface area (Å²) in [4.78, 5) is 4.52. The Morgan fingerprint density at radius 1 is 1.82 bits per heavy atom. The van der Waals surface area contributed by atoms with Crippen LogP contribution >= 0.6 is 0 Å². The first-order chi connectivity index (χ1) is 5.24. The summed E-state index contributed by atoms with van der Waals surface area (Å²) in [5, 5.41) is 4.21. The molecule has 0 saturated heterocycles. The first-order valence-electron chi connectivity index (χ1n) is 3.55. The van der Waals surface area contributed by atoms with Crippen LogP contribution in [-0.2, 0) is 11.9 Å². The molecule has 0 fully saturated rings. The molecule has 1 aromatic rings. The van der Waals surface area contributed by atoms with Gasteiger partial charge in [-0.2, -0.15) is 5.10 Å². The van der Waals surface area contributed by atoms with Crippen molar-refractivity contribution in [2.24, 2.45) is 12.9 Å². The fraction of sp³-hybridized carbons (Fsp3) is 0.571. The quantitative estimate of drug-likeness (QED) is 0.643. The summed E-state index contributed by atoms with van der Waals surface area (Å²) < 4.78 is 1.77. The van der Waals surface area contributed by atoms with E-state index in [1.54, 1.807) is 4.68 Å². The average Bonchev–Trinajstić information content (AvgIpc) is 2.36. The highest BCUT2D eigenvalue weighted by Crippen LogP contribution is 2.10. The number of nitrogens with zero attached hydrogens (tertiary/aromatic N) is 2. The second kappa shape index (κ2) is 3.50. The van der Waals surface area contributed by atoms with Gasteiger partial charge in [-0.3, -0.25) is 4.68 Å². The van der Waals surface area contributed by atoms with E-state index < -0.39 is 0 Å². The minimum absolute atomic E-state index is 0.265. The summed E-state index contributed by atoms with van der Waals surface area (Å²) in [5.41, 5.74) is 1.01. The molecule has 1 heterocycles. The summed E-state index contributed by atoms with van der Waals surface area (Å²) in [7, 11) is 1.89. The van der Waals surface area contributed by atoms with Crippen LogP contribution in [0.3, 0.4) is 0 Å². The van der Waals surface area contributed by atoms with Gasteiger partial charge in [-0.15, -0.1) is 0 Å². The van der Waals surface area contributed by atoms with E-state index in [4.69, 9.17) is 5.90 Å². The molecule has 2 N–H and O–H groups in total. The zero-order chi connectivity index (χ0) is 8.27. The van der Waals surface area contributed by atoms with Crippen LogP contribution in [0.5, 0.6) is 0 Å². The molecule has 1 aromatic heterocycles. The molecule has 1 unspecified atom stereocenters. The molecular weight excluding hydrogens is 142 g/mol. The number of nitrogens with two attached hydrogens (primary N) is 1. The number of aryl methyl sites for hydroxylation is 1. The van der Waals surface area contributed by atoms with E-state index >= 15 is 0 Å². The number of aromatic nitrogens is 2. The summed E-state index contributed by atoms with van der Waals surface area (Å²) in [6.07, 6.45) is 1.91. The molecular formula is C7H13N3O. The lowest BCUT2D eigenvalue weighted by atomic mass is 10.1. The van der Waals surface area contributed by atoms with Crippen molar-refractivity contribution in [1.82, 2.24) is 9.78 Å². The van der Waals surface area contributed by atoms with Gasteiger partial charge in [-0.25, -0.2) is 5.90 Å². The molecule has 0 bridgehead atoms. The van der Waals surface area contributed by atoms with Crippen molar-refractivity contribution in [2.75, 3.05) is 6.61 Å². The van der Waals surface area contributed by atoms with E-state index in [2.05, 4.69) is 9.94 Å². The lowest BCUT2D eigenvalue weighted by Crippen LogP contribution is -2.09. The van der Waals surface area contributed by atoms with Gasteiger partial charge in [0.1, 0.15) is 0 Å². The van der Waals surface area contributed by atoms with E-state index in [9.17, 15) is 0 Å². The van der Waals surface area contributed by atoms with Gasteiger partial charge in [0.15, 0.2) is 0 Å². The van der Waals surface area contributed by atoms with Crippen LogP contribution in [0.15, 0.2) is 12.3 Å². The topological polar surface area (TPSA) is 53.1 Å². The SMILES string of the molecule is CC(CON)c1ccn(C)n1.